The fraction of sp³-hybridized carbons (Fsp3) is 0.462. The molecule has 1 unspecified atom stereocenters. The highest BCUT2D eigenvalue weighted by Crippen LogP contribution is 2.19. The highest BCUT2D eigenvalue weighted by molar-refractivity contribution is 6.31. The zero-order valence-electron chi connectivity index (χ0n) is 9.92. The van der Waals surface area contributed by atoms with Crippen molar-refractivity contribution >= 4 is 17.4 Å². The molecule has 0 spiro atoms. The van der Waals surface area contributed by atoms with Crippen LogP contribution in [0.4, 0.5) is 0 Å². The monoisotopic (exact) mass is 240 g/mol. The molecule has 0 N–H and O–H groups in total. The molecule has 0 saturated heterocycles. The first kappa shape index (κ1) is 13.2. The predicted octanol–water partition coefficient (Wildman–Crippen LogP) is 3.50. The van der Waals surface area contributed by atoms with E-state index in [1.165, 1.54) is 0 Å². The normalized spacial score (nSPS) is 12.5. The van der Waals surface area contributed by atoms with Gasteiger partial charge in [-0.3, -0.25) is 4.79 Å². The Kier molecular flexibility index (Phi) is 4.97. The van der Waals surface area contributed by atoms with Gasteiger partial charge in [0.15, 0.2) is 5.78 Å². The van der Waals surface area contributed by atoms with Gasteiger partial charge >= 0.3 is 0 Å². The second-order valence-corrected chi connectivity index (χ2v) is 4.42. The number of rotatable bonds is 5. The summed E-state index contributed by atoms with van der Waals surface area (Å²) in [7, 11) is 1.64. The first-order valence-electron chi connectivity index (χ1n) is 5.35. The Morgan fingerprint density at radius 2 is 2.19 bits per heavy atom. The molecule has 0 fully saturated rings. The van der Waals surface area contributed by atoms with Crippen molar-refractivity contribution in [2.75, 3.05) is 13.7 Å². The maximum Gasteiger partial charge on any atom is 0.165 e. The summed E-state index contributed by atoms with van der Waals surface area (Å²) in [6.45, 7) is 4.43. The van der Waals surface area contributed by atoms with Gasteiger partial charge in [0, 0.05) is 30.2 Å². The molecule has 2 nitrogen and oxygen atoms in total. The number of carbonyl (C=O) groups excluding carboxylic acids is 1. The lowest BCUT2D eigenvalue weighted by Crippen LogP contribution is -2.13. The van der Waals surface area contributed by atoms with Gasteiger partial charge in [-0.1, -0.05) is 18.5 Å². The van der Waals surface area contributed by atoms with Crippen molar-refractivity contribution in [1.29, 1.82) is 0 Å². The zero-order valence-corrected chi connectivity index (χ0v) is 10.7. The summed E-state index contributed by atoms with van der Waals surface area (Å²) < 4.78 is 4.97. The standard InChI is InChI=1S/C13H17ClO2/c1-9(6-7-16-3)13(15)11-4-5-12(14)10(2)8-11/h4-5,8-9H,6-7H2,1-3H3. The lowest BCUT2D eigenvalue weighted by Gasteiger charge is -2.10. The van der Waals surface area contributed by atoms with Crippen LogP contribution in [0.2, 0.25) is 5.02 Å². The third-order valence-corrected chi connectivity index (χ3v) is 3.07. The van der Waals surface area contributed by atoms with Crippen LogP contribution < -0.4 is 0 Å². The van der Waals surface area contributed by atoms with Gasteiger partial charge in [-0.25, -0.2) is 0 Å². The van der Waals surface area contributed by atoms with Crippen molar-refractivity contribution in [1.82, 2.24) is 0 Å². The van der Waals surface area contributed by atoms with Gasteiger partial charge in [-0.05, 0) is 37.1 Å². The molecule has 3 heteroatoms. The van der Waals surface area contributed by atoms with Crippen LogP contribution in [-0.4, -0.2) is 19.5 Å². The van der Waals surface area contributed by atoms with Gasteiger partial charge in [0.05, 0.1) is 0 Å². The number of aryl methyl sites for hydroxylation is 1. The highest BCUT2D eigenvalue weighted by atomic mass is 35.5. The third-order valence-electron chi connectivity index (χ3n) is 2.65. The number of hydrogen-bond acceptors (Lipinski definition) is 2. The summed E-state index contributed by atoms with van der Waals surface area (Å²) in [5.41, 5.74) is 1.66. The average molecular weight is 241 g/mol. The molecule has 16 heavy (non-hydrogen) atoms. The molecule has 0 heterocycles. The van der Waals surface area contributed by atoms with Crippen LogP contribution >= 0.6 is 11.6 Å². The van der Waals surface area contributed by atoms with Gasteiger partial charge in [-0.2, -0.15) is 0 Å². The van der Waals surface area contributed by atoms with Crippen molar-refractivity contribution in [3.8, 4) is 0 Å². The van der Waals surface area contributed by atoms with Crippen LogP contribution in [0.25, 0.3) is 0 Å². The molecular weight excluding hydrogens is 224 g/mol. The summed E-state index contributed by atoms with van der Waals surface area (Å²) in [4.78, 5) is 12.0. The van der Waals surface area contributed by atoms with Crippen LogP contribution in [0.5, 0.6) is 0 Å². The smallest absolute Gasteiger partial charge is 0.165 e. The maximum absolute atomic E-state index is 12.0. The summed E-state index contributed by atoms with van der Waals surface area (Å²) in [5, 5.41) is 0.695. The lowest BCUT2D eigenvalue weighted by molar-refractivity contribution is 0.0893. The highest BCUT2D eigenvalue weighted by Gasteiger charge is 2.15. The molecule has 1 rings (SSSR count). The van der Waals surface area contributed by atoms with Crippen molar-refractivity contribution in [2.45, 2.75) is 20.3 Å². The molecule has 1 atom stereocenters. The number of methoxy groups -OCH3 is 1. The number of ketones is 1. The largest absolute Gasteiger partial charge is 0.385 e. The molecule has 1 aromatic carbocycles. The van der Waals surface area contributed by atoms with Gasteiger partial charge in [0.1, 0.15) is 0 Å². The predicted molar refractivity (Wildman–Crippen MR) is 66.2 cm³/mol. The van der Waals surface area contributed by atoms with Crippen molar-refractivity contribution in [3.63, 3.8) is 0 Å². The number of carbonyl (C=O) groups is 1. The molecule has 0 aromatic heterocycles. The number of hydrogen-bond donors (Lipinski definition) is 0. The quantitative estimate of drug-likeness (QED) is 0.737. The van der Waals surface area contributed by atoms with Crippen molar-refractivity contribution in [2.24, 2.45) is 5.92 Å². The van der Waals surface area contributed by atoms with Gasteiger partial charge in [0.2, 0.25) is 0 Å². The molecule has 0 aliphatic carbocycles. The van der Waals surface area contributed by atoms with Crippen LogP contribution in [-0.2, 0) is 4.74 Å². The number of Topliss-reactive ketones (excluding diaryl/α,β-unsaturated/α-hetero) is 1. The fourth-order valence-electron chi connectivity index (χ4n) is 1.51. The molecule has 0 saturated carbocycles. The number of halogens is 1. The SMILES string of the molecule is COCCC(C)C(=O)c1ccc(Cl)c(C)c1. The Morgan fingerprint density at radius 1 is 1.50 bits per heavy atom. The Morgan fingerprint density at radius 3 is 2.75 bits per heavy atom. The van der Waals surface area contributed by atoms with E-state index in [9.17, 15) is 4.79 Å². The molecule has 0 aliphatic heterocycles. The van der Waals surface area contributed by atoms with Crippen molar-refractivity contribution < 1.29 is 9.53 Å². The van der Waals surface area contributed by atoms with E-state index < -0.39 is 0 Å². The second kappa shape index (κ2) is 6.02. The Hall–Kier alpha value is -0.860. The van der Waals surface area contributed by atoms with Crippen LogP contribution in [0.1, 0.15) is 29.3 Å². The van der Waals surface area contributed by atoms with E-state index in [0.717, 1.165) is 17.5 Å². The van der Waals surface area contributed by atoms with Crippen LogP contribution in [0.3, 0.4) is 0 Å². The van der Waals surface area contributed by atoms with E-state index in [1.54, 1.807) is 19.2 Å². The van der Waals surface area contributed by atoms with E-state index in [2.05, 4.69) is 0 Å². The first-order chi connectivity index (χ1) is 7.56. The number of benzene rings is 1. The fourth-order valence-corrected chi connectivity index (χ4v) is 1.63. The Labute approximate surface area is 102 Å². The Bertz CT molecular complexity index is 374. The maximum atomic E-state index is 12.0. The first-order valence-corrected chi connectivity index (χ1v) is 5.73. The average Bonchev–Trinajstić information content (AvgIpc) is 2.28. The van der Waals surface area contributed by atoms with Gasteiger partial charge in [0.25, 0.3) is 0 Å². The summed E-state index contributed by atoms with van der Waals surface area (Å²) in [6, 6.07) is 5.39. The third kappa shape index (κ3) is 3.32. The Balaban J connectivity index is 2.76. The minimum Gasteiger partial charge on any atom is -0.385 e. The summed E-state index contributed by atoms with van der Waals surface area (Å²) in [6.07, 6.45) is 0.747. The van der Waals surface area contributed by atoms with Crippen LogP contribution in [0.15, 0.2) is 18.2 Å². The second-order valence-electron chi connectivity index (χ2n) is 4.01. The van der Waals surface area contributed by atoms with E-state index in [0.29, 0.717) is 11.6 Å². The number of ether oxygens (including phenoxy) is 1. The zero-order chi connectivity index (χ0) is 12.1. The van der Waals surface area contributed by atoms with Gasteiger partial charge in [-0.15, -0.1) is 0 Å². The van der Waals surface area contributed by atoms with E-state index in [4.69, 9.17) is 16.3 Å². The molecule has 0 aliphatic rings. The molecule has 0 bridgehead atoms. The molecule has 88 valence electrons. The molecular formula is C13H17ClO2. The van der Waals surface area contributed by atoms with Crippen LogP contribution in [0, 0.1) is 12.8 Å². The summed E-state index contributed by atoms with van der Waals surface area (Å²) >= 11 is 5.92. The van der Waals surface area contributed by atoms with Gasteiger partial charge < -0.3 is 4.74 Å². The van der Waals surface area contributed by atoms with E-state index in [-0.39, 0.29) is 11.7 Å². The molecule has 0 radical (unpaired) electrons. The minimum atomic E-state index is -0.0134. The van der Waals surface area contributed by atoms with E-state index >= 15 is 0 Å². The van der Waals surface area contributed by atoms with E-state index in [1.807, 2.05) is 19.9 Å². The minimum absolute atomic E-state index is 0.0134. The summed E-state index contributed by atoms with van der Waals surface area (Å²) in [5.74, 6) is 0.136. The topological polar surface area (TPSA) is 26.3 Å². The lowest BCUT2D eigenvalue weighted by atomic mass is 9.96. The van der Waals surface area contributed by atoms with Crippen molar-refractivity contribution in [3.05, 3.63) is 34.3 Å². The molecule has 0 amide bonds. The molecule has 1 aromatic rings.